The van der Waals surface area contributed by atoms with Crippen molar-refractivity contribution in [2.75, 3.05) is 11.4 Å². The Labute approximate surface area is 204 Å². The number of hydrogen-bond acceptors (Lipinski definition) is 4. The summed E-state index contributed by atoms with van der Waals surface area (Å²) in [5, 5.41) is 5.04. The Kier molecular flexibility index (Phi) is 6.18. The summed E-state index contributed by atoms with van der Waals surface area (Å²) in [6, 6.07) is 12.0. The molecule has 162 valence electrons. The molecule has 5 nitrogen and oxygen atoms in total. The first-order chi connectivity index (χ1) is 14.7. The molecule has 31 heavy (non-hydrogen) atoms. The van der Waals surface area contributed by atoms with Crippen LogP contribution in [-0.2, 0) is 0 Å². The molecule has 0 radical (unpaired) electrons. The van der Waals surface area contributed by atoms with E-state index in [1.54, 1.807) is 12.3 Å². The van der Waals surface area contributed by atoms with Crippen LogP contribution in [0.5, 0.6) is 0 Å². The Balaban J connectivity index is 1.51. The van der Waals surface area contributed by atoms with Crippen LogP contribution in [0.15, 0.2) is 50.4 Å². The number of rotatable bonds is 4. The number of carbonyl (C=O) groups is 1. The van der Waals surface area contributed by atoms with E-state index in [-0.39, 0.29) is 17.2 Å². The second-order valence-electron chi connectivity index (χ2n) is 8.60. The van der Waals surface area contributed by atoms with E-state index in [4.69, 9.17) is 4.42 Å². The van der Waals surface area contributed by atoms with E-state index in [0.717, 1.165) is 32.0 Å². The summed E-state index contributed by atoms with van der Waals surface area (Å²) in [5.74, 6) is 0.334. The highest BCUT2D eigenvalue weighted by atomic mass is 127. The number of amides is 1. The predicted molar refractivity (Wildman–Crippen MR) is 138 cm³/mol. The number of fused-ring (bicyclic) bond motifs is 2. The number of anilines is 1. The molecule has 0 bridgehead atoms. The molecular formula is C24H25BrIN3O2. The Hall–Kier alpha value is -1.87. The average molecular weight is 594 g/mol. The van der Waals surface area contributed by atoms with E-state index in [2.05, 4.69) is 93.8 Å². The third-order valence-corrected chi connectivity index (χ3v) is 7.12. The number of nitrogens with zero attached hydrogens (tertiary/aromatic N) is 2. The second kappa shape index (κ2) is 8.58. The molecule has 1 aromatic heterocycles. The fraction of sp³-hybridized carbons (Fsp3) is 0.333. The minimum atomic E-state index is -0.371. The van der Waals surface area contributed by atoms with Gasteiger partial charge in [0.05, 0.1) is 9.78 Å². The molecule has 0 saturated heterocycles. The Morgan fingerprint density at radius 3 is 2.87 bits per heavy atom. The van der Waals surface area contributed by atoms with Gasteiger partial charge in [0.25, 0.3) is 0 Å². The number of hydrogen-bond donors (Lipinski definition) is 1. The molecule has 0 saturated carbocycles. The zero-order chi connectivity index (χ0) is 22.3. The Bertz CT molecular complexity index is 1190. The van der Waals surface area contributed by atoms with Gasteiger partial charge < -0.3 is 9.32 Å². The molecular weight excluding hydrogens is 569 g/mol. The normalized spacial score (nSPS) is 17.9. The van der Waals surface area contributed by atoms with Gasteiger partial charge in [0.15, 0.2) is 5.76 Å². The summed E-state index contributed by atoms with van der Waals surface area (Å²) < 4.78 is 7.62. The summed E-state index contributed by atoms with van der Waals surface area (Å²) >= 11 is 5.66. The number of hydrazone groups is 1. The van der Waals surface area contributed by atoms with Gasteiger partial charge in [-0.25, -0.2) is 5.43 Å². The van der Waals surface area contributed by atoms with Crippen LogP contribution in [0.4, 0.5) is 5.69 Å². The number of benzene rings is 2. The third kappa shape index (κ3) is 4.39. The fourth-order valence-electron chi connectivity index (χ4n) is 4.60. The van der Waals surface area contributed by atoms with E-state index >= 15 is 0 Å². The summed E-state index contributed by atoms with van der Waals surface area (Å²) in [7, 11) is 0. The molecule has 1 atom stereocenters. The van der Waals surface area contributed by atoms with Gasteiger partial charge in [-0.2, -0.15) is 5.10 Å². The molecule has 0 spiro atoms. The van der Waals surface area contributed by atoms with E-state index in [1.165, 1.54) is 11.3 Å². The van der Waals surface area contributed by atoms with Crippen LogP contribution in [0.3, 0.4) is 0 Å². The minimum Gasteiger partial charge on any atom is -0.450 e. The largest absolute Gasteiger partial charge is 0.450 e. The van der Waals surface area contributed by atoms with Gasteiger partial charge in [0, 0.05) is 27.6 Å². The maximum Gasteiger partial charge on any atom is 0.307 e. The first-order valence-electron chi connectivity index (χ1n) is 10.3. The van der Waals surface area contributed by atoms with Gasteiger partial charge in [0.2, 0.25) is 0 Å². The monoisotopic (exact) mass is 593 g/mol. The quantitative estimate of drug-likeness (QED) is 0.209. The van der Waals surface area contributed by atoms with Crippen LogP contribution < -0.4 is 10.3 Å². The molecule has 0 aliphatic carbocycles. The standard InChI is InChI=1S/C24H25BrIN3O2/c1-5-29-20-7-6-15(8-18(20)14(2)12-24(29,3)4)13-27-28-23(30)21-10-16-9-17(25)11-19(26)22(16)31-21/h6-11,13-14H,5,12H2,1-4H3,(H,28,30)/b27-13-. The second-order valence-corrected chi connectivity index (χ2v) is 10.7. The zero-order valence-electron chi connectivity index (χ0n) is 18.0. The molecule has 1 N–H and O–H groups in total. The van der Waals surface area contributed by atoms with Gasteiger partial charge in [-0.1, -0.05) is 28.9 Å². The van der Waals surface area contributed by atoms with Crippen LogP contribution in [0, 0.1) is 3.57 Å². The molecule has 1 aliphatic rings. The van der Waals surface area contributed by atoms with E-state index < -0.39 is 0 Å². The van der Waals surface area contributed by atoms with Crippen molar-refractivity contribution in [1.82, 2.24) is 5.43 Å². The maximum absolute atomic E-state index is 12.5. The predicted octanol–water partition coefficient (Wildman–Crippen LogP) is 6.68. The lowest BCUT2D eigenvalue weighted by Crippen LogP contribution is -2.48. The fourth-order valence-corrected chi connectivity index (χ4v) is 6.26. The van der Waals surface area contributed by atoms with Crippen molar-refractivity contribution >= 4 is 67.3 Å². The van der Waals surface area contributed by atoms with Crippen molar-refractivity contribution < 1.29 is 9.21 Å². The molecule has 1 aliphatic heterocycles. The number of halogens is 2. The zero-order valence-corrected chi connectivity index (χ0v) is 21.7. The molecule has 1 unspecified atom stereocenters. The van der Waals surface area contributed by atoms with Crippen molar-refractivity contribution in [3.63, 3.8) is 0 Å². The van der Waals surface area contributed by atoms with Gasteiger partial charge >= 0.3 is 5.91 Å². The molecule has 2 aromatic carbocycles. The van der Waals surface area contributed by atoms with Crippen molar-refractivity contribution in [2.45, 2.75) is 45.6 Å². The number of furan rings is 1. The summed E-state index contributed by atoms with van der Waals surface area (Å²) in [6.45, 7) is 10.1. The highest BCUT2D eigenvalue weighted by Crippen LogP contribution is 2.43. The Morgan fingerprint density at radius 2 is 2.13 bits per heavy atom. The van der Waals surface area contributed by atoms with Crippen LogP contribution in [0.25, 0.3) is 11.0 Å². The first-order valence-corrected chi connectivity index (χ1v) is 12.2. The van der Waals surface area contributed by atoms with Crippen molar-refractivity contribution in [1.29, 1.82) is 0 Å². The topological polar surface area (TPSA) is 57.8 Å². The number of carbonyl (C=O) groups excluding carboxylic acids is 1. The van der Waals surface area contributed by atoms with Crippen molar-refractivity contribution in [2.24, 2.45) is 5.10 Å². The minimum absolute atomic E-state index is 0.144. The lowest BCUT2D eigenvalue weighted by molar-refractivity contribution is 0.0929. The third-order valence-electron chi connectivity index (χ3n) is 5.87. The van der Waals surface area contributed by atoms with Crippen LogP contribution in [0.1, 0.15) is 61.7 Å². The highest BCUT2D eigenvalue weighted by Gasteiger charge is 2.35. The van der Waals surface area contributed by atoms with Crippen LogP contribution in [-0.4, -0.2) is 24.2 Å². The van der Waals surface area contributed by atoms with Crippen molar-refractivity contribution in [3.8, 4) is 0 Å². The SMILES string of the molecule is CCN1c2ccc(/C=N\NC(=O)c3cc4cc(Br)cc(I)c4o3)cc2C(C)CC1(C)C. The van der Waals surface area contributed by atoms with Crippen LogP contribution >= 0.6 is 38.5 Å². The van der Waals surface area contributed by atoms with Gasteiger partial charge in [-0.3, -0.25) is 4.79 Å². The van der Waals surface area contributed by atoms with Crippen LogP contribution in [0.2, 0.25) is 0 Å². The smallest absolute Gasteiger partial charge is 0.307 e. The van der Waals surface area contributed by atoms with E-state index in [0.29, 0.717) is 11.5 Å². The van der Waals surface area contributed by atoms with Gasteiger partial charge in [-0.15, -0.1) is 0 Å². The number of nitrogens with one attached hydrogen (secondary N) is 1. The highest BCUT2D eigenvalue weighted by molar-refractivity contribution is 14.1. The lowest BCUT2D eigenvalue weighted by Gasteiger charge is -2.47. The molecule has 3 aromatic rings. The van der Waals surface area contributed by atoms with Gasteiger partial charge in [0.1, 0.15) is 5.58 Å². The van der Waals surface area contributed by atoms with E-state index in [9.17, 15) is 4.79 Å². The molecule has 2 heterocycles. The summed E-state index contributed by atoms with van der Waals surface area (Å²) in [6.07, 6.45) is 2.79. The molecule has 7 heteroatoms. The van der Waals surface area contributed by atoms with Crippen molar-refractivity contribution in [3.05, 3.63) is 61.3 Å². The summed E-state index contributed by atoms with van der Waals surface area (Å²) in [5.41, 5.74) is 7.00. The summed E-state index contributed by atoms with van der Waals surface area (Å²) in [4.78, 5) is 15.0. The average Bonchev–Trinajstić information content (AvgIpc) is 3.12. The molecule has 1 amide bonds. The molecule has 0 fully saturated rings. The first kappa shape index (κ1) is 22.3. The van der Waals surface area contributed by atoms with Gasteiger partial charge in [-0.05, 0) is 97.2 Å². The maximum atomic E-state index is 12.5. The lowest BCUT2D eigenvalue weighted by atomic mass is 9.79. The molecule has 4 rings (SSSR count). The Morgan fingerprint density at radius 1 is 1.35 bits per heavy atom. The van der Waals surface area contributed by atoms with E-state index in [1.807, 2.05) is 18.2 Å².